The highest BCUT2D eigenvalue weighted by Crippen LogP contribution is 2.34. The maximum atomic E-state index is 13.1. The molecule has 1 N–H and O–H groups in total. The lowest BCUT2D eigenvalue weighted by molar-refractivity contribution is -0.122. The summed E-state index contributed by atoms with van der Waals surface area (Å²) in [5.74, 6) is 0.573. The Balaban J connectivity index is 2.38. The smallest absolute Gasteiger partial charge is 0.244 e. The van der Waals surface area contributed by atoms with Gasteiger partial charge in [-0.25, -0.2) is 8.42 Å². The number of sulfonamides is 1. The largest absolute Gasteiger partial charge is 0.496 e. The molecule has 0 aliphatic carbocycles. The number of methoxy groups -OCH3 is 1. The highest BCUT2D eigenvalue weighted by atomic mass is 35.5. The number of carbonyl (C=O) groups is 1. The van der Waals surface area contributed by atoms with Crippen molar-refractivity contribution in [3.05, 3.63) is 57.1 Å². The monoisotopic (exact) mass is 500 g/mol. The normalized spacial score (nSPS) is 13.6. The molecule has 0 radical (unpaired) electrons. The van der Waals surface area contributed by atoms with Crippen molar-refractivity contribution in [2.24, 2.45) is 0 Å². The maximum absolute atomic E-state index is 13.1. The quantitative estimate of drug-likeness (QED) is 0.521. The van der Waals surface area contributed by atoms with Crippen LogP contribution in [0.3, 0.4) is 0 Å². The average Bonchev–Trinajstić information content (AvgIpc) is 2.68. The summed E-state index contributed by atoms with van der Waals surface area (Å²) < 4.78 is 31.6. The molecule has 176 valence electrons. The van der Waals surface area contributed by atoms with Gasteiger partial charge in [0.1, 0.15) is 11.8 Å². The summed E-state index contributed by atoms with van der Waals surface area (Å²) in [6.07, 6.45) is 1.03. The molecule has 0 unspecified atom stereocenters. The molecule has 0 saturated heterocycles. The number of aryl methyl sites for hydroxylation is 1. The molecule has 32 heavy (non-hydrogen) atoms. The number of nitrogens with zero attached hydrogens (tertiary/aromatic N) is 1. The standard InChI is InChI=1S/C23H30Cl2N2O4S/c1-13(2)18-12-19(14(3)10-22(18)31-6)15(4)26-23(28)16(5)27(32(7,29)30)21-11-17(24)8-9-20(21)25/h8-13,15-16H,1-7H3,(H,26,28)/t15-,16-/m1/s1. The van der Waals surface area contributed by atoms with E-state index in [1.807, 2.05) is 26.0 Å². The van der Waals surface area contributed by atoms with Gasteiger partial charge < -0.3 is 10.1 Å². The zero-order chi connectivity index (χ0) is 24.4. The fourth-order valence-electron chi connectivity index (χ4n) is 3.66. The zero-order valence-corrected chi connectivity index (χ0v) is 21.7. The van der Waals surface area contributed by atoms with Gasteiger partial charge in [0.25, 0.3) is 0 Å². The van der Waals surface area contributed by atoms with Crippen molar-refractivity contribution in [2.45, 2.75) is 52.6 Å². The molecular weight excluding hydrogens is 471 g/mol. The van der Waals surface area contributed by atoms with Crippen LogP contribution in [-0.4, -0.2) is 33.7 Å². The molecule has 2 rings (SSSR count). The minimum absolute atomic E-state index is 0.152. The summed E-state index contributed by atoms with van der Waals surface area (Å²) in [4.78, 5) is 13.1. The number of hydrogen-bond donors (Lipinski definition) is 1. The van der Waals surface area contributed by atoms with Crippen LogP contribution in [0, 0.1) is 6.92 Å². The van der Waals surface area contributed by atoms with Crippen LogP contribution in [0.4, 0.5) is 5.69 Å². The van der Waals surface area contributed by atoms with Gasteiger partial charge in [0, 0.05) is 5.02 Å². The van der Waals surface area contributed by atoms with Gasteiger partial charge in [0.15, 0.2) is 0 Å². The van der Waals surface area contributed by atoms with Crippen LogP contribution in [-0.2, 0) is 14.8 Å². The number of carbonyl (C=O) groups excluding carboxylic acids is 1. The molecule has 1 amide bonds. The number of anilines is 1. The second-order valence-electron chi connectivity index (χ2n) is 8.17. The van der Waals surface area contributed by atoms with Crippen LogP contribution >= 0.6 is 23.2 Å². The molecule has 0 heterocycles. The van der Waals surface area contributed by atoms with Crippen molar-refractivity contribution < 1.29 is 17.9 Å². The van der Waals surface area contributed by atoms with Gasteiger partial charge in [-0.3, -0.25) is 9.10 Å². The first-order valence-electron chi connectivity index (χ1n) is 10.2. The lowest BCUT2D eigenvalue weighted by Gasteiger charge is -2.30. The van der Waals surface area contributed by atoms with E-state index < -0.39 is 22.0 Å². The predicted octanol–water partition coefficient (Wildman–Crippen LogP) is 5.47. The van der Waals surface area contributed by atoms with E-state index in [4.69, 9.17) is 27.9 Å². The van der Waals surface area contributed by atoms with E-state index in [1.165, 1.54) is 19.1 Å². The molecule has 2 aromatic carbocycles. The van der Waals surface area contributed by atoms with Gasteiger partial charge in [-0.05, 0) is 73.7 Å². The minimum Gasteiger partial charge on any atom is -0.496 e. The number of nitrogens with one attached hydrogen (secondary N) is 1. The molecule has 2 atom stereocenters. The van der Waals surface area contributed by atoms with Gasteiger partial charge in [0.05, 0.1) is 30.1 Å². The third-order valence-electron chi connectivity index (χ3n) is 5.30. The first-order chi connectivity index (χ1) is 14.8. The molecule has 9 heteroatoms. The molecule has 0 aromatic heterocycles. The van der Waals surface area contributed by atoms with E-state index in [0.717, 1.165) is 33.0 Å². The number of rotatable bonds is 8. The van der Waals surface area contributed by atoms with Gasteiger partial charge in [0.2, 0.25) is 15.9 Å². The van der Waals surface area contributed by atoms with Crippen LogP contribution in [0.15, 0.2) is 30.3 Å². The Kier molecular flexibility index (Phi) is 8.48. The van der Waals surface area contributed by atoms with Gasteiger partial charge in [-0.1, -0.05) is 37.0 Å². The van der Waals surface area contributed by atoms with Crippen molar-refractivity contribution in [1.82, 2.24) is 5.32 Å². The fourth-order valence-corrected chi connectivity index (χ4v) is 5.26. The van der Waals surface area contributed by atoms with E-state index in [0.29, 0.717) is 5.02 Å². The Hall–Kier alpha value is -1.96. The molecule has 2 aromatic rings. The first-order valence-corrected chi connectivity index (χ1v) is 12.8. The zero-order valence-electron chi connectivity index (χ0n) is 19.4. The molecule has 0 fully saturated rings. The fraction of sp³-hybridized carbons (Fsp3) is 0.435. The molecular formula is C23H30Cl2N2O4S. The van der Waals surface area contributed by atoms with E-state index in [2.05, 4.69) is 19.2 Å². The topological polar surface area (TPSA) is 75.7 Å². The third kappa shape index (κ3) is 5.88. The molecule has 0 spiro atoms. The van der Waals surface area contributed by atoms with Crippen LogP contribution < -0.4 is 14.4 Å². The lowest BCUT2D eigenvalue weighted by Crippen LogP contribution is -2.48. The highest BCUT2D eigenvalue weighted by Gasteiger charge is 2.31. The molecule has 0 saturated carbocycles. The summed E-state index contributed by atoms with van der Waals surface area (Å²) in [5, 5.41) is 3.43. The first kappa shape index (κ1) is 26.3. The highest BCUT2D eigenvalue weighted by molar-refractivity contribution is 7.92. The Morgan fingerprint density at radius 2 is 1.69 bits per heavy atom. The molecule has 0 aliphatic heterocycles. The van der Waals surface area contributed by atoms with Crippen molar-refractivity contribution >= 4 is 44.8 Å². The van der Waals surface area contributed by atoms with Gasteiger partial charge in [-0.2, -0.15) is 0 Å². The number of hydrogen-bond acceptors (Lipinski definition) is 4. The number of halogens is 2. The maximum Gasteiger partial charge on any atom is 0.244 e. The summed E-state index contributed by atoms with van der Waals surface area (Å²) >= 11 is 12.3. The Morgan fingerprint density at radius 3 is 2.22 bits per heavy atom. The lowest BCUT2D eigenvalue weighted by atomic mass is 9.93. The van der Waals surface area contributed by atoms with Crippen LogP contribution in [0.1, 0.15) is 56.3 Å². The Labute approximate surface area is 200 Å². The molecule has 0 aliphatic rings. The van der Waals surface area contributed by atoms with E-state index in [1.54, 1.807) is 13.2 Å². The van der Waals surface area contributed by atoms with Crippen LogP contribution in [0.25, 0.3) is 0 Å². The van der Waals surface area contributed by atoms with Gasteiger partial charge in [-0.15, -0.1) is 0 Å². The average molecular weight is 501 g/mol. The SMILES string of the molecule is COc1cc(C)c([C@@H](C)NC(=O)[C@@H](C)N(c2cc(Cl)ccc2Cl)S(C)(=O)=O)cc1C(C)C. The van der Waals surface area contributed by atoms with E-state index in [-0.39, 0.29) is 22.7 Å². The molecule has 0 bridgehead atoms. The number of benzene rings is 2. The van der Waals surface area contributed by atoms with Gasteiger partial charge >= 0.3 is 0 Å². The summed E-state index contributed by atoms with van der Waals surface area (Å²) in [6, 6.07) is 7.05. The van der Waals surface area contributed by atoms with E-state index in [9.17, 15) is 13.2 Å². The van der Waals surface area contributed by atoms with Crippen molar-refractivity contribution in [1.29, 1.82) is 0 Å². The third-order valence-corrected chi connectivity index (χ3v) is 7.08. The Bertz CT molecular complexity index is 1100. The Morgan fingerprint density at radius 1 is 1.06 bits per heavy atom. The second kappa shape index (κ2) is 10.3. The molecule has 6 nitrogen and oxygen atoms in total. The van der Waals surface area contributed by atoms with Crippen molar-refractivity contribution in [3.63, 3.8) is 0 Å². The van der Waals surface area contributed by atoms with Crippen LogP contribution in [0.5, 0.6) is 5.75 Å². The van der Waals surface area contributed by atoms with E-state index >= 15 is 0 Å². The number of ether oxygens (including phenoxy) is 1. The second-order valence-corrected chi connectivity index (χ2v) is 10.9. The number of amides is 1. The summed E-state index contributed by atoms with van der Waals surface area (Å²) in [6.45, 7) is 9.46. The summed E-state index contributed by atoms with van der Waals surface area (Å²) in [7, 11) is -2.19. The summed E-state index contributed by atoms with van der Waals surface area (Å²) in [5.41, 5.74) is 3.08. The van der Waals surface area contributed by atoms with Crippen molar-refractivity contribution in [3.8, 4) is 5.75 Å². The van der Waals surface area contributed by atoms with Crippen molar-refractivity contribution in [2.75, 3.05) is 17.7 Å². The minimum atomic E-state index is -3.82. The van der Waals surface area contributed by atoms with Crippen LogP contribution in [0.2, 0.25) is 10.0 Å². The predicted molar refractivity (Wildman–Crippen MR) is 132 cm³/mol.